The molecule has 6 amide bonds. The van der Waals surface area contributed by atoms with E-state index in [4.69, 9.17) is 4.74 Å². The molecular weight excluding hydrogens is 819 g/mol. The summed E-state index contributed by atoms with van der Waals surface area (Å²) in [6.45, 7) is 4.10. The Morgan fingerprint density at radius 3 is 2.38 bits per heavy atom. The molecule has 1 aromatic heterocycles. The first-order valence-electron chi connectivity index (χ1n) is 21.7. The highest BCUT2D eigenvalue weighted by Gasteiger charge is 2.49. The average Bonchev–Trinajstić information content (AvgIpc) is 3.90. The fourth-order valence-corrected chi connectivity index (χ4v) is 9.95. The van der Waals surface area contributed by atoms with Crippen LogP contribution in [0.15, 0.2) is 42.6 Å². The number of benzene rings is 2. The maximum absolute atomic E-state index is 15.1. The number of amides is 6. The second-order valence-electron chi connectivity index (χ2n) is 17.2. The van der Waals surface area contributed by atoms with Crippen molar-refractivity contribution in [1.82, 2.24) is 30.0 Å². The maximum Gasteiger partial charge on any atom is 0.342 e. The molecule has 0 radical (unpaired) electrons. The largest absolute Gasteiger partial charge is 0.495 e. The molecule has 4 fully saturated rings. The van der Waals surface area contributed by atoms with E-state index >= 15 is 8.78 Å². The van der Waals surface area contributed by atoms with E-state index in [0.29, 0.717) is 60.3 Å². The molecular formula is C44H50F2N10O7. The van der Waals surface area contributed by atoms with Crippen LogP contribution >= 0.6 is 0 Å². The summed E-state index contributed by atoms with van der Waals surface area (Å²) < 4.78 is 35.8. The van der Waals surface area contributed by atoms with Gasteiger partial charge in [-0.1, -0.05) is 18.9 Å². The highest BCUT2D eigenvalue weighted by molar-refractivity contribution is 6.25. The van der Waals surface area contributed by atoms with Crippen molar-refractivity contribution in [3.05, 3.63) is 59.3 Å². The summed E-state index contributed by atoms with van der Waals surface area (Å²) in [5.41, 5.74) is 2.38. The lowest BCUT2D eigenvalue weighted by molar-refractivity contribution is -0.140. The summed E-state index contributed by atoms with van der Waals surface area (Å²) in [6.07, 6.45) is 6.49. The number of carbonyl (C=O) groups excluding carboxylic acids is 6. The highest BCUT2D eigenvalue weighted by atomic mass is 19.3. The number of nitrogens with zero attached hydrogens (tertiary/aromatic N) is 8. The van der Waals surface area contributed by atoms with Crippen molar-refractivity contribution in [2.24, 2.45) is 5.92 Å². The molecule has 2 N–H and O–H groups in total. The molecule has 332 valence electrons. The van der Waals surface area contributed by atoms with E-state index in [-0.39, 0.29) is 47.8 Å². The number of hydrogen-bond acceptors (Lipinski definition) is 13. The number of likely N-dealkylation sites (tertiary alicyclic amines) is 1. The third-order valence-corrected chi connectivity index (χ3v) is 13.4. The van der Waals surface area contributed by atoms with Gasteiger partial charge in [0, 0.05) is 70.9 Å². The fourth-order valence-electron chi connectivity index (χ4n) is 9.95. The second-order valence-corrected chi connectivity index (χ2v) is 17.2. The van der Waals surface area contributed by atoms with E-state index in [0.717, 1.165) is 68.0 Å². The van der Waals surface area contributed by atoms with Crippen molar-refractivity contribution in [2.45, 2.75) is 69.4 Å². The number of fused-ring (bicyclic) bond motifs is 2. The number of imide groups is 2. The Morgan fingerprint density at radius 2 is 1.67 bits per heavy atom. The zero-order chi connectivity index (χ0) is 44.2. The molecule has 3 saturated heterocycles. The molecule has 6 heterocycles. The summed E-state index contributed by atoms with van der Waals surface area (Å²) >= 11 is 0. The molecule has 1 atom stereocenters. The van der Waals surface area contributed by atoms with Crippen LogP contribution in [0.5, 0.6) is 5.75 Å². The van der Waals surface area contributed by atoms with E-state index in [1.54, 1.807) is 35.2 Å². The van der Waals surface area contributed by atoms with Crippen LogP contribution in [0.3, 0.4) is 0 Å². The molecule has 19 heteroatoms. The first-order chi connectivity index (χ1) is 30.3. The number of ether oxygens (including phenoxy) is 1. The lowest BCUT2D eigenvalue weighted by Gasteiger charge is -2.40. The number of anilines is 5. The van der Waals surface area contributed by atoms with Gasteiger partial charge < -0.3 is 29.7 Å². The van der Waals surface area contributed by atoms with Gasteiger partial charge in [0.1, 0.15) is 17.5 Å². The van der Waals surface area contributed by atoms with Crippen molar-refractivity contribution in [3.63, 3.8) is 0 Å². The predicted octanol–water partition coefficient (Wildman–Crippen LogP) is 3.67. The molecule has 1 saturated carbocycles. The number of piperidine rings is 2. The summed E-state index contributed by atoms with van der Waals surface area (Å²) in [6, 6.07) is 9.09. The van der Waals surface area contributed by atoms with Crippen LogP contribution in [0.2, 0.25) is 0 Å². The minimum Gasteiger partial charge on any atom is -0.495 e. The van der Waals surface area contributed by atoms with E-state index in [9.17, 15) is 28.8 Å². The molecule has 2 aromatic carbocycles. The van der Waals surface area contributed by atoms with Gasteiger partial charge in [-0.15, -0.1) is 0 Å². The molecule has 0 bridgehead atoms. The van der Waals surface area contributed by atoms with Crippen LogP contribution in [-0.2, 0) is 14.4 Å². The minimum absolute atomic E-state index is 0.0616. The minimum atomic E-state index is -3.59. The monoisotopic (exact) mass is 868 g/mol. The van der Waals surface area contributed by atoms with E-state index in [2.05, 4.69) is 30.4 Å². The third kappa shape index (κ3) is 7.91. The van der Waals surface area contributed by atoms with E-state index < -0.39 is 48.0 Å². The van der Waals surface area contributed by atoms with E-state index in [1.165, 1.54) is 20.4 Å². The number of rotatable bonds is 9. The number of methoxy groups -OCH3 is 1. The van der Waals surface area contributed by atoms with Gasteiger partial charge >= 0.3 is 5.92 Å². The molecule has 9 rings (SSSR count). The average molecular weight is 869 g/mol. The zero-order valence-electron chi connectivity index (χ0n) is 35.3. The lowest BCUT2D eigenvalue weighted by atomic mass is 9.95. The second kappa shape index (κ2) is 16.8. The first-order valence-corrected chi connectivity index (χ1v) is 21.7. The number of carbonyl (C=O) groups is 6. The van der Waals surface area contributed by atoms with Gasteiger partial charge in [0.25, 0.3) is 23.6 Å². The number of aromatic nitrogens is 2. The molecule has 63 heavy (non-hydrogen) atoms. The number of nitrogens with one attached hydrogen (secondary N) is 2. The lowest BCUT2D eigenvalue weighted by Crippen LogP contribution is -2.54. The molecule has 6 aliphatic rings. The Labute approximate surface area is 362 Å². The summed E-state index contributed by atoms with van der Waals surface area (Å²) in [7, 11) is 2.80. The maximum atomic E-state index is 15.1. The smallest absolute Gasteiger partial charge is 0.342 e. The van der Waals surface area contributed by atoms with Crippen LogP contribution in [0.25, 0.3) is 0 Å². The van der Waals surface area contributed by atoms with Gasteiger partial charge in [0.2, 0.25) is 17.8 Å². The SMILES string of the molecule is COc1cc(C(=O)N2CCC(CN3CCN(c4cccc5c4C(=O)N(C4CCC(=O)NC4=O)C5=O)CC3)CC2)ccc1Nc1ncc2c(n1)N(C1CCCC1)CC(F)(F)C(=O)N2C. The van der Waals surface area contributed by atoms with Crippen molar-refractivity contribution in [1.29, 1.82) is 0 Å². The van der Waals surface area contributed by atoms with Crippen LogP contribution in [0.4, 0.5) is 37.6 Å². The number of alkyl halides is 2. The molecule has 3 aromatic rings. The number of piperazine rings is 1. The van der Waals surface area contributed by atoms with Crippen LogP contribution < -0.4 is 30.1 Å². The standard InChI is InChI=1S/C44H50F2N10O7/c1-51-33-23-47-43(50-37(33)55(28-6-3-4-7-28)25-44(45,46)42(51)62)48-30-11-10-27(22-34(30)63-2)39(59)54-16-14-26(15-17-54)24-52-18-20-53(21-19-52)31-9-5-8-29-36(31)41(61)56(40(29)60)32-12-13-35(57)49-38(32)58/h5,8-11,22-23,26,28,32H,3-4,6-7,12-21,24-25H2,1-2H3,(H,47,48,50)(H,49,57,58). The van der Waals surface area contributed by atoms with Crippen LogP contribution in [0, 0.1) is 5.92 Å². The predicted molar refractivity (Wildman–Crippen MR) is 227 cm³/mol. The molecule has 1 aliphatic carbocycles. The Bertz CT molecular complexity index is 2360. The van der Waals surface area contributed by atoms with Gasteiger partial charge in [-0.2, -0.15) is 13.8 Å². The molecule has 0 spiro atoms. The van der Waals surface area contributed by atoms with Crippen LogP contribution in [0.1, 0.15) is 82.4 Å². The summed E-state index contributed by atoms with van der Waals surface area (Å²) in [5, 5.41) is 5.38. The van der Waals surface area contributed by atoms with Crippen molar-refractivity contribution in [2.75, 3.05) is 86.5 Å². The van der Waals surface area contributed by atoms with Crippen molar-refractivity contribution in [3.8, 4) is 5.75 Å². The molecule has 17 nitrogen and oxygen atoms in total. The summed E-state index contributed by atoms with van der Waals surface area (Å²) in [5.74, 6) is -5.92. The molecule has 5 aliphatic heterocycles. The van der Waals surface area contributed by atoms with Gasteiger partial charge in [-0.25, -0.2) is 4.98 Å². The Kier molecular flexibility index (Phi) is 11.2. The normalized spacial score (nSPS) is 22.3. The number of hydrogen-bond donors (Lipinski definition) is 2. The van der Waals surface area contributed by atoms with Gasteiger partial charge in [0.15, 0.2) is 5.82 Å². The first kappa shape index (κ1) is 42.1. The number of halogens is 2. The Morgan fingerprint density at radius 1 is 0.921 bits per heavy atom. The molecule has 1 unspecified atom stereocenters. The summed E-state index contributed by atoms with van der Waals surface area (Å²) in [4.78, 5) is 96.6. The third-order valence-electron chi connectivity index (χ3n) is 13.4. The quantitative estimate of drug-likeness (QED) is 0.298. The zero-order valence-corrected chi connectivity index (χ0v) is 35.3. The highest BCUT2D eigenvalue weighted by Crippen LogP contribution is 2.41. The van der Waals surface area contributed by atoms with Crippen molar-refractivity contribution < 1.29 is 42.3 Å². The van der Waals surface area contributed by atoms with Gasteiger partial charge in [0.05, 0.1) is 42.4 Å². The Balaban J connectivity index is 0.793. The van der Waals surface area contributed by atoms with Gasteiger partial charge in [-0.3, -0.25) is 43.9 Å². The fraction of sp³-hybridized carbons (Fsp3) is 0.500. The van der Waals surface area contributed by atoms with E-state index in [1.807, 2.05) is 11.0 Å². The van der Waals surface area contributed by atoms with Gasteiger partial charge in [-0.05, 0) is 68.4 Å². The topological polar surface area (TPSA) is 181 Å². The van der Waals surface area contributed by atoms with Crippen LogP contribution in [-0.4, -0.2) is 145 Å². The Hall–Kier alpha value is -6.24. The van der Waals surface area contributed by atoms with Crippen molar-refractivity contribution >= 4 is 64.3 Å².